The molecular formula is C14H21N3O2. The Morgan fingerprint density at radius 2 is 2.16 bits per heavy atom. The number of ether oxygens (including phenoxy) is 1. The van der Waals surface area contributed by atoms with Crippen molar-refractivity contribution in [2.24, 2.45) is 5.92 Å². The number of amides is 1. The molecule has 0 aliphatic carbocycles. The molecule has 1 aliphatic heterocycles. The molecule has 5 heteroatoms. The van der Waals surface area contributed by atoms with Crippen LogP contribution >= 0.6 is 0 Å². The summed E-state index contributed by atoms with van der Waals surface area (Å²) in [5, 5.41) is 2.95. The zero-order valence-electron chi connectivity index (χ0n) is 11.6. The molecule has 1 aliphatic rings. The molecule has 0 saturated carbocycles. The highest BCUT2D eigenvalue weighted by Gasteiger charge is 2.16. The Labute approximate surface area is 113 Å². The van der Waals surface area contributed by atoms with Crippen molar-refractivity contribution in [3.05, 3.63) is 23.3 Å². The molecule has 2 rings (SSSR count). The third-order valence-electron chi connectivity index (χ3n) is 3.55. The summed E-state index contributed by atoms with van der Waals surface area (Å²) in [6.07, 6.45) is 4.78. The van der Waals surface area contributed by atoms with Crippen LogP contribution in [0.25, 0.3) is 0 Å². The lowest BCUT2D eigenvalue weighted by molar-refractivity contribution is 0.0514. The van der Waals surface area contributed by atoms with Crippen LogP contribution < -0.4 is 5.32 Å². The molecule has 1 fully saturated rings. The predicted octanol–water partition coefficient (Wildman–Crippen LogP) is 1.64. The Kier molecular flexibility index (Phi) is 4.85. The third kappa shape index (κ3) is 3.73. The Morgan fingerprint density at radius 1 is 1.42 bits per heavy atom. The van der Waals surface area contributed by atoms with Gasteiger partial charge in [0.15, 0.2) is 0 Å². The number of carbonyl (C=O) groups excluding carboxylic acids is 1. The zero-order chi connectivity index (χ0) is 13.7. The van der Waals surface area contributed by atoms with Gasteiger partial charge in [0.1, 0.15) is 6.33 Å². The van der Waals surface area contributed by atoms with Crippen LogP contribution in [0.1, 0.15) is 41.0 Å². The van der Waals surface area contributed by atoms with Crippen molar-refractivity contribution in [2.75, 3.05) is 19.8 Å². The maximum Gasteiger partial charge on any atom is 0.254 e. The van der Waals surface area contributed by atoms with Crippen molar-refractivity contribution in [3.63, 3.8) is 0 Å². The summed E-state index contributed by atoms with van der Waals surface area (Å²) in [6, 6.07) is 0. The van der Waals surface area contributed by atoms with Gasteiger partial charge in [-0.05, 0) is 39.0 Å². The second-order valence-electron chi connectivity index (χ2n) is 5.05. The summed E-state index contributed by atoms with van der Waals surface area (Å²) in [4.78, 5) is 20.2. The Bertz CT molecular complexity index is 422. The fourth-order valence-electron chi connectivity index (χ4n) is 2.43. The highest BCUT2D eigenvalue weighted by Crippen LogP contribution is 2.16. The second-order valence-corrected chi connectivity index (χ2v) is 5.05. The van der Waals surface area contributed by atoms with E-state index >= 15 is 0 Å². The van der Waals surface area contributed by atoms with E-state index in [1.807, 2.05) is 13.8 Å². The van der Waals surface area contributed by atoms with Gasteiger partial charge in [-0.15, -0.1) is 0 Å². The van der Waals surface area contributed by atoms with E-state index in [1.165, 1.54) is 12.7 Å². The number of hydrogen-bond donors (Lipinski definition) is 1. The van der Waals surface area contributed by atoms with Gasteiger partial charge in [-0.2, -0.15) is 0 Å². The van der Waals surface area contributed by atoms with Crippen LogP contribution in [0.4, 0.5) is 0 Å². The smallest absolute Gasteiger partial charge is 0.254 e. The first-order chi connectivity index (χ1) is 9.18. The molecule has 0 bridgehead atoms. The molecule has 0 radical (unpaired) electrons. The molecule has 0 spiro atoms. The van der Waals surface area contributed by atoms with Gasteiger partial charge in [0.05, 0.1) is 17.0 Å². The van der Waals surface area contributed by atoms with Crippen LogP contribution in [0.5, 0.6) is 0 Å². The molecule has 0 aromatic carbocycles. The molecule has 1 amide bonds. The van der Waals surface area contributed by atoms with E-state index in [2.05, 4.69) is 15.3 Å². The molecule has 1 N–H and O–H groups in total. The van der Waals surface area contributed by atoms with Crippen molar-refractivity contribution in [3.8, 4) is 0 Å². The van der Waals surface area contributed by atoms with E-state index in [4.69, 9.17) is 4.74 Å². The lowest BCUT2D eigenvalue weighted by atomic mass is 9.99. The van der Waals surface area contributed by atoms with E-state index < -0.39 is 0 Å². The molecule has 0 unspecified atom stereocenters. The van der Waals surface area contributed by atoms with Gasteiger partial charge in [-0.25, -0.2) is 9.97 Å². The Morgan fingerprint density at radius 3 is 2.79 bits per heavy atom. The number of rotatable bonds is 4. The SMILES string of the molecule is Cc1ncnc(C)c1C(=O)NCC[C@@H]1CCCOC1. The first-order valence-electron chi connectivity index (χ1n) is 6.82. The largest absolute Gasteiger partial charge is 0.381 e. The van der Waals surface area contributed by atoms with Gasteiger partial charge in [0, 0.05) is 19.8 Å². The standard InChI is InChI=1S/C14H21N3O2/c1-10-13(11(2)17-9-16-10)14(18)15-6-5-12-4-3-7-19-8-12/h9,12H,3-8H2,1-2H3,(H,15,18)/t12-/m0/s1. The van der Waals surface area contributed by atoms with E-state index in [-0.39, 0.29) is 5.91 Å². The molecule has 1 aromatic rings. The van der Waals surface area contributed by atoms with Gasteiger partial charge < -0.3 is 10.1 Å². The first-order valence-corrected chi connectivity index (χ1v) is 6.82. The predicted molar refractivity (Wildman–Crippen MR) is 72.0 cm³/mol. The molecule has 104 valence electrons. The van der Waals surface area contributed by atoms with Gasteiger partial charge in [0.2, 0.25) is 0 Å². The van der Waals surface area contributed by atoms with Crippen LogP contribution in [-0.4, -0.2) is 35.6 Å². The number of hydrogen-bond acceptors (Lipinski definition) is 4. The monoisotopic (exact) mass is 263 g/mol. The maximum absolute atomic E-state index is 12.1. The Hall–Kier alpha value is -1.49. The van der Waals surface area contributed by atoms with E-state index in [0.717, 1.165) is 37.4 Å². The fraction of sp³-hybridized carbons (Fsp3) is 0.643. The first kappa shape index (κ1) is 13.9. The number of carbonyl (C=O) groups is 1. The molecule has 5 nitrogen and oxygen atoms in total. The van der Waals surface area contributed by atoms with E-state index in [9.17, 15) is 4.79 Å². The molecular weight excluding hydrogens is 242 g/mol. The fourth-order valence-corrected chi connectivity index (χ4v) is 2.43. The van der Waals surface area contributed by atoms with Crippen LogP contribution in [0, 0.1) is 19.8 Å². The minimum absolute atomic E-state index is 0.0765. The molecule has 1 atom stereocenters. The number of nitrogens with one attached hydrogen (secondary N) is 1. The van der Waals surface area contributed by atoms with Crippen molar-refractivity contribution in [1.82, 2.24) is 15.3 Å². The molecule has 19 heavy (non-hydrogen) atoms. The molecule has 2 heterocycles. The number of aromatic nitrogens is 2. The van der Waals surface area contributed by atoms with Crippen LogP contribution in [0.2, 0.25) is 0 Å². The highest BCUT2D eigenvalue weighted by molar-refractivity contribution is 5.96. The highest BCUT2D eigenvalue weighted by atomic mass is 16.5. The third-order valence-corrected chi connectivity index (χ3v) is 3.55. The minimum atomic E-state index is -0.0765. The van der Waals surface area contributed by atoms with Crippen molar-refractivity contribution in [1.29, 1.82) is 0 Å². The molecule has 1 aromatic heterocycles. The second kappa shape index (κ2) is 6.61. The van der Waals surface area contributed by atoms with Crippen LogP contribution in [0.15, 0.2) is 6.33 Å². The van der Waals surface area contributed by atoms with E-state index in [1.54, 1.807) is 0 Å². The van der Waals surface area contributed by atoms with Crippen LogP contribution in [-0.2, 0) is 4.74 Å². The summed E-state index contributed by atoms with van der Waals surface area (Å²) in [6.45, 7) is 6.04. The average Bonchev–Trinajstić information content (AvgIpc) is 2.40. The summed E-state index contributed by atoms with van der Waals surface area (Å²) in [5.74, 6) is 0.496. The number of nitrogens with zero attached hydrogens (tertiary/aromatic N) is 2. The lowest BCUT2D eigenvalue weighted by Crippen LogP contribution is -2.29. The van der Waals surface area contributed by atoms with Gasteiger partial charge >= 0.3 is 0 Å². The topological polar surface area (TPSA) is 64.1 Å². The van der Waals surface area contributed by atoms with Gasteiger partial charge in [-0.3, -0.25) is 4.79 Å². The van der Waals surface area contributed by atoms with Crippen molar-refractivity contribution in [2.45, 2.75) is 33.1 Å². The van der Waals surface area contributed by atoms with Crippen molar-refractivity contribution < 1.29 is 9.53 Å². The lowest BCUT2D eigenvalue weighted by Gasteiger charge is -2.22. The van der Waals surface area contributed by atoms with Crippen molar-refractivity contribution >= 4 is 5.91 Å². The average molecular weight is 263 g/mol. The zero-order valence-corrected chi connectivity index (χ0v) is 11.6. The summed E-state index contributed by atoms with van der Waals surface area (Å²) in [5.41, 5.74) is 2.05. The summed E-state index contributed by atoms with van der Waals surface area (Å²) in [7, 11) is 0. The minimum Gasteiger partial charge on any atom is -0.381 e. The normalized spacial score (nSPS) is 19.2. The van der Waals surface area contributed by atoms with E-state index in [0.29, 0.717) is 18.0 Å². The summed E-state index contributed by atoms with van der Waals surface area (Å²) < 4.78 is 5.43. The molecule has 1 saturated heterocycles. The summed E-state index contributed by atoms with van der Waals surface area (Å²) >= 11 is 0. The Balaban J connectivity index is 1.84. The number of aryl methyl sites for hydroxylation is 2. The van der Waals surface area contributed by atoms with Gasteiger partial charge in [0.25, 0.3) is 5.91 Å². The quantitative estimate of drug-likeness (QED) is 0.897. The maximum atomic E-state index is 12.1. The van der Waals surface area contributed by atoms with Gasteiger partial charge in [-0.1, -0.05) is 0 Å². The van der Waals surface area contributed by atoms with Crippen LogP contribution in [0.3, 0.4) is 0 Å².